The third-order valence-electron chi connectivity index (χ3n) is 3.44. The van der Waals surface area contributed by atoms with Crippen LogP contribution in [0.5, 0.6) is 5.75 Å². The highest BCUT2D eigenvalue weighted by Gasteiger charge is 2.17. The highest BCUT2D eigenvalue weighted by Crippen LogP contribution is 2.16. The molecule has 2 aromatic rings. The van der Waals surface area contributed by atoms with Crippen LogP contribution in [0.4, 0.5) is 0 Å². The van der Waals surface area contributed by atoms with Gasteiger partial charge in [-0.3, -0.25) is 14.4 Å². The summed E-state index contributed by atoms with van der Waals surface area (Å²) >= 11 is 6.01. The molecule has 0 fully saturated rings. The molecule has 0 unspecified atom stereocenters. The van der Waals surface area contributed by atoms with Crippen LogP contribution in [-0.4, -0.2) is 36.5 Å². The van der Waals surface area contributed by atoms with E-state index in [1.54, 1.807) is 42.5 Å². The molecule has 0 aliphatic rings. The maximum Gasteiger partial charge on any atom is 0.322 e. The molecule has 3 N–H and O–H groups in total. The normalized spacial score (nSPS) is 10.8. The quantitative estimate of drug-likeness (QED) is 0.631. The van der Waals surface area contributed by atoms with Crippen LogP contribution in [-0.2, 0) is 9.59 Å². The van der Waals surface area contributed by atoms with Crippen LogP contribution >= 0.6 is 11.6 Å². The van der Waals surface area contributed by atoms with Gasteiger partial charge < -0.3 is 20.5 Å². The predicted octanol–water partition coefficient (Wildman–Crippen LogP) is 2.32. The smallest absolute Gasteiger partial charge is 0.322 e. The summed E-state index contributed by atoms with van der Waals surface area (Å²) in [5.74, 6) is -1.91. The zero-order chi connectivity index (χ0) is 19.8. The van der Waals surface area contributed by atoms with Crippen molar-refractivity contribution >= 4 is 35.5 Å². The third-order valence-corrected chi connectivity index (χ3v) is 3.77. The number of methoxy groups -OCH3 is 1. The summed E-state index contributed by atoms with van der Waals surface area (Å²) in [7, 11) is 1.53. The molecular formula is C19H17ClN2O5. The average molecular weight is 389 g/mol. The fourth-order valence-corrected chi connectivity index (χ4v) is 2.33. The Morgan fingerprint density at radius 3 is 2.37 bits per heavy atom. The summed E-state index contributed by atoms with van der Waals surface area (Å²) in [4.78, 5) is 35.5. The van der Waals surface area contributed by atoms with Crippen molar-refractivity contribution < 1.29 is 24.2 Å². The molecule has 7 nitrogen and oxygen atoms in total. The van der Waals surface area contributed by atoms with Gasteiger partial charge in [0.2, 0.25) is 0 Å². The fourth-order valence-electron chi connectivity index (χ4n) is 2.11. The van der Waals surface area contributed by atoms with Crippen LogP contribution in [0, 0.1) is 0 Å². The lowest BCUT2D eigenvalue weighted by atomic mass is 10.1. The van der Waals surface area contributed by atoms with Gasteiger partial charge in [-0.2, -0.15) is 0 Å². The number of amides is 2. The van der Waals surface area contributed by atoms with E-state index in [1.165, 1.54) is 19.3 Å². The van der Waals surface area contributed by atoms with Crippen LogP contribution in [0.3, 0.4) is 0 Å². The number of ether oxygens (including phenoxy) is 1. The standard InChI is InChI=1S/C19H17ClN2O5/c1-27-13-8-6-12(7-9-13)10-16(19(26)21-11-17(23)24)22-18(25)14-4-2-3-5-15(14)20/h2-10H,11H2,1H3,(H,21,26)(H,22,25)(H,23,24). The topological polar surface area (TPSA) is 105 Å². The highest BCUT2D eigenvalue weighted by atomic mass is 35.5. The molecule has 0 heterocycles. The summed E-state index contributed by atoms with van der Waals surface area (Å²) in [5, 5.41) is 13.7. The van der Waals surface area contributed by atoms with Crippen molar-refractivity contribution in [2.75, 3.05) is 13.7 Å². The predicted molar refractivity (Wildman–Crippen MR) is 101 cm³/mol. The SMILES string of the molecule is COc1ccc(C=C(NC(=O)c2ccccc2Cl)C(=O)NCC(=O)O)cc1. The third kappa shape index (κ3) is 5.86. The summed E-state index contributed by atoms with van der Waals surface area (Å²) < 4.78 is 5.07. The number of rotatable bonds is 7. The van der Waals surface area contributed by atoms with Gasteiger partial charge in [0.1, 0.15) is 18.0 Å². The van der Waals surface area contributed by atoms with Crippen molar-refractivity contribution in [1.29, 1.82) is 0 Å². The molecule has 2 amide bonds. The Morgan fingerprint density at radius 2 is 1.78 bits per heavy atom. The van der Waals surface area contributed by atoms with Gasteiger partial charge in [0, 0.05) is 0 Å². The van der Waals surface area contributed by atoms with E-state index in [9.17, 15) is 14.4 Å². The van der Waals surface area contributed by atoms with Crippen molar-refractivity contribution in [2.45, 2.75) is 0 Å². The minimum atomic E-state index is -1.20. The molecule has 8 heteroatoms. The maximum absolute atomic E-state index is 12.5. The molecule has 2 rings (SSSR count). The number of nitrogens with one attached hydrogen (secondary N) is 2. The molecule has 140 valence electrons. The molecular weight excluding hydrogens is 372 g/mol. The number of carbonyl (C=O) groups excluding carboxylic acids is 2. The van der Waals surface area contributed by atoms with Crippen molar-refractivity contribution in [3.63, 3.8) is 0 Å². The fraction of sp³-hybridized carbons (Fsp3) is 0.105. The minimum absolute atomic E-state index is 0.119. The number of hydrogen-bond acceptors (Lipinski definition) is 4. The van der Waals surface area contributed by atoms with Crippen molar-refractivity contribution in [1.82, 2.24) is 10.6 Å². The van der Waals surface area contributed by atoms with E-state index < -0.39 is 24.3 Å². The first-order valence-electron chi connectivity index (χ1n) is 7.82. The Labute approximate surface area is 160 Å². The number of carbonyl (C=O) groups is 3. The van der Waals surface area contributed by atoms with Crippen LogP contribution < -0.4 is 15.4 Å². The molecule has 2 aromatic carbocycles. The maximum atomic E-state index is 12.5. The number of carboxylic acid groups (broad SMARTS) is 1. The number of carboxylic acids is 1. The molecule has 0 saturated carbocycles. The van der Waals surface area contributed by atoms with Gasteiger partial charge in [-0.25, -0.2) is 0 Å². The van der Waals surface area contributed by atoms with Crippen LogP contribution in [0.25, 0.3) is 6.08 Å². The number of hydrogen-bond donors (Lipinski definition) is 3. The van der Waals surface area contributed by atoms with Gasteiger partial charge in [-0.1, -0.05) is 35.9 Å². The molecule has 0 radical (unpaired) electrons. The second kappa shape index (κ2) is 9.40. The van der Waals surface area contributed by atoms with E-state index in [0.717, 1.165) is 0 Å². The van der Waals surface area contributed by atoms with E-state index in [1.807, 2.05) is 0 Å². The molecule has 27 heavy (non-hydrogen) atoms. The molecule has 0 saturated heterocycles. The number of aliphatic carboxylic acids is 1. The Kier molecular flexibility index (Phi) is 6.96. The molecule has 0 aromatic heterocycles. The van der Waals surface area contributed by atoms with E-state index in [0.29, 0.717) is 11.3 Å². The monoisotopic (exact) mass is 388 g/mol. The lowest BCUT2D eigenvalue weighted by molar-refractivity contribution is -0.137. The van der Waals surface area contributed by atoms with Crippen LogP contribution in [0.1, 0.15) is 15.9 Å². The average Bonchev–Trinajstić information content (AvgIpc) is 2.66. The summed E-state index contributed by atoms with van der Waals surface area (Å²) in [6.07, 6.45) is 1.42. The molecule has 0 bridgehead atoms. The lowest BCUT2D eigenvalue weighted by Crippen LogP contribution is -2.37. The Hall–Kier alpha value is -3.32. The van der Waals surface area contributed by atoms with Gasteiger partial charge in [0.25, 0.3) is 11.8 Å². The van der Waals surface area contributed by atoms with Crippen LogP contribution in [0.2, 0.25) is 5.02 Å². The summed E-state index contributed by atoms with van der Waals surface area (Å²) in [5.41, 5.74) is 0.674. The first-order chi connectivity index (χ1) is 12.9. The molecule has 0 spiro atoms. The Morgan fingerprint density at radius 1 is 1.11 bits per heavy atom. The van der Waals surface area contributed by atoms with E-state index in [4.69, 9.17) is 21.4 Å². The molecule has 0 aliphatic heterocycles. The van der Waals surface area contributed by atoms with Gasteiger partial charge in [-0.15, -0.1) is 0 Å². The zero-order valence-corrected chi connectivity index (χ0v) is 15.1. The van der Waals surface area contributed by atoms with Gasteiger partial charge in [0.05, 0.1) is 17.7 Å². The lowest BCUT2D eigenvalue weighted by Gasteiger charge is -2.11. The first kappa shape index (κ1) is 20.0. The van der Waals surface area contributed by atoms with Gasteiger partial charge in [-0.05, 0) is 35.9 Å². The number of halogens is 1. The van der Waals surface area contributed by atoms with E-state index in [-0.39, 0.29) is 16.3 Å². The van der Waals surface area contributed by atoms with Crippen molar-refractivity contribution in [2.24, 2.45) is 0 Å². The minimum Gasteiger partial charge on any atom is -0.497 e. The second-order valence-electron chi connectivity index (χ2n) is 5.34. The first-order valence-corrected chi connectivity index (χ1v) is 8.20. The summed E-state index contributed by atoms with van der Waals surface area (Å²) in [6, 6.07) is 13.1. The summed E-state index contributed by atoms with van der Waals surface area (Å²) in [6.45, 7) is -0.583. The van der Waals surface area contributed by atoms with Crippen molar-refractivity contribution in [3.8, 4) is 5.75 Å². The van der Waals surface area contributed by atoms with E-state index in [2.05, 4.69) is 10.6 Å². The second-order valence-corrected chi connectivity index (χ2v) is 5.75. The van der Waals surface area contributed by atoms with Gasteiger partial charge >= 0.3 is 5.97 Å². The zero-order valence-electron chi connectivity index (χ0n) is 14.4. The van der Waals surface area contributed by atoms with Gasteiger partial charge in [0.15, 0.2) is 0 Å². The molecule has 0 aliphatic carbocycles. The molecule has 0 atom stereocenters. The van der Waals surface area contributed by atoms with Crippen molar-refractivity contribution in [3.05, 3.63) is 70.4 Å². The Bertz CT molecular complexity index is 878. The largest absolute Gasteiger partial charge is 0.497 e. The highest BCUT2D eigenvalue weighted by molar-refractivity contribution is 6.34. The Balaban J connectivity index is 2.29. The van der Waals surface area contributed by atoms with E-state index >= 15 is 0 Å². The van der Waals surface area contributed by atoms with Crippen LogP contribution in [0.15, 0.2) is 54.2 Å². The number of benzene rings is 2.